The zero-order valence-electron chi connectivity index (χ0n) is 5.83. The first kappa shape index (κ1) is 9.39. The van der Waals surface area contributed by atoms with Crippen molar-refractivity contribution in [3.05, 3.63) is 24.1 Å². The lowest BCUT2D eigenvalue weighted by atomic mass is 10.4. The van der Waals surface area contributed by atoms with Gasteiger partial charge in [-0.25, -0.2) is 0 Å². The summed E-state index contributed by atoms with van der Waals surface area (Å²) in [7, 11) is -3.51. The van der Waals surface area contributed by atoms with Gasteiger partial charge in [0.25, 0.3) is 10.1 Å². The van der Waals surface area contributed by atoms with Gasteiger partial charge < -0.3 is 0 Å². The SMILES string of the molecule is C=CS(=O)(=O)OCC(=C)C. The van der Waals surface area contributed by atoms with E-state index in [1.54, 1.807) is 6.92 Å². The number of hydrogen-bond donors (Lipinski definition) is 0. The third kappa shape index (κ3) is 4.29. The first-order chi connectivity index (χ1) is 4.48. The molecular weight excluding hydrogens is 152 g/mol. The van der Waals surface area contributed by atoms with E-state index in [1.165, 1.54) is 0 Å². The van der Waals surface area contributed by atoms with Crippen LogP contribution in [0.5, 0.6) is 0 Å². The third-order valence-corrected chi connectivity index (χ3v) is 1.53. The average Bonchev–Trinajstić information content (AvgIpc) is 1.85. The summed E-state index contributed by atoms with van der Waals surface area (Å²) in [6.45, 7) is 8.24. The van der Waals surface area contributed by atoms with Crippen LogP contribution >= 0.6 is 0 Å². The molecule has 0 aromatic rings. The van der Waals surface area contributed by atoms with Crippen LogP contribution in [0.2, 0.25) is 0 Å². The molecule has 4 heteroatoms. The van der Waals surface area contributed by atoms with Crippen molar-refractivity contribution >= 4 is 10.1 Å². The molecule has 3 nitrogen and oxygen atoms in total. The van der Waals surface area contributed by atoms with Crippen molar-refractivity contribution in [3.63, 3.8) is 0 Å². The summed E-state index contributed by atoms with van der Waals surface area (Å²) in [5.74, 6) is 0. The zero-order chi connectivity index (χ0) is 8.20. The van der Waals surface area contributed by atoms with Crippen LogP contribution in [-0.4, -0.2) is 15.0 Å². The van der Waals surface area contributed by atoms with Crippen LogP contribution in [0.4, 0.5) is 0 Å². The van der Waals surface area contributed by atoms with Crippen LogP contribution in [0.3, 0.4) is 0 Å². The minimum Gasteiger partial charge on any atom is -0.262 e. The Labute approximate surface area is 61.1 Å². The van der Waals surface area contributed by atoms with Gasteiger partial charge in [0.05, 0.1) is 12.0 Å². The lowest BCUT2D eigenvalue weighted by Gasteiger charge is -1.98. The molecule has 0 atom stereocenters. The highest BCUT2D eigenvalue weighted by atomic mass is 32.2. The van der Waals surface area contributed by atoms with Gasteiger partial charge in [-0.15, -0.1) is 0 Å². The highest BCUT2D eigenvalue weighted by Gasteiger charge is 2.02. The van der Waals surface area contributed by atoms with Crippen molar-refractivity contribution < 1.29 is 12.6 Å². The smallest absolute Gasteiger partial charge is 0.262 e. The first-order valence-electron chi connectivity index (χ1n) is 2.64. The van der Waals surface area contributed by atoms with E-state index in [0.29, 0.717) is 5.57 Å². The van der Waals surface area contributed by atoms with Crippen molar-refractivity contribution in [1.82, 2.24) is 0 Å². The van der Waals surface area contributed by atoms with E-state index in [0.717, 1.165) is 5.41 Å². The topological polar surface area (TPSA) is 43.4 Å². The normalized spacial score (nSPS) is 10.9. The lowest BCUT2D eigenvalue weighted by Crippen LogP contribution is -2.02. The molecule has 0 aromatic heterocycles. The number of hydrogen-bond acceptors (Lipinski definition) is 3. The molecule has 0 N–H and O–H groups in total. The van der Waals surface area contributed by atoms with Gasteiger partial charge in [-0.2, -0.15) is 8.42 Å². The Hall–Kier alpha value is -0.610. The molecule has 0 spiro atoms. The van der Waals surface area contributed by atoms with Crippen LogP contribution in [0.15, 0.2) is 24.1 Å². The standard InChI is InChI=1S/C6H10O3S/c1-4-10(7,8)9-5-6(2)3/h4H,1-2,5H2,3H3. The van der Waals surface area contributed by atoms with Gasteiger partial charge in [-0.05, 0) is 6.92 Å². The second-order valence-electron chi connectivity index (χ2n) is 1.88. The minimum absolute atomic E-state index is 0.0222. The predicted molar refractivity (Wildman–Crippen MR) is 39.9 cm³/mol. The molecule has 0 amide bonds. The second kappa shape index (κ2) is 3.53. The minimum atomic E-state index is -3.51. The fourth-order valence-electron chi connectivity index (χ4n) is 0.231. The summed E-state index contributed by atoms with van der Waals surface area (Å²) in [5.41, 5.74) is 0.658. The van der Waals surface area contributed by atoms with Crippen molar-refractivity contribution in [2.75, 3.05) is 6.61 Å². The fourth-order valence-corrected chi connectivity index (χ4v) is 0.693. The second-order valence-corrected chi connectivity index (χ2v) is 3.43. The Balaban J connectivity index is 3.93. The molecule has 10 heavy (non-hydrogen) atoms. The van der Waals surface area contributed by atoms with Crippen molar-refractivity contribution in [2.24, 2.45) is 0 Å². The predicted octanol–water partition coefficient (Wildman–Crippen LogP) is 1.05. The van der Waals surface area contributed by atoms with E-state index in [2.05, 4.69) is 17.3 Å². The van der Waals surface area contributed by atoms with E-state index >= 15 is 0 Å². The maximum Gasteiger partial charge on any atom is 0.289 e. The van der Waals surface area contributed by atoms with E-state index in [-0.39, 0.29) is 6.61 Å². The largest absolute Gasteiger partial charge is 0.289 e. The van der Waals surface area contributed by atoms with Crippen LogP contribution < -0.4 is 0 Å². The molecule has 0 aromatic carbocycles. The van der Waals surface area contributed by atoms with Gasteiger partial charge in [0.15, 0.2) is 0 Å². The summed E-state index contributed by atoms with van der Waals surface area (Å²) in [6.07, 6.45) is 0. The van der Waals surface area contributed by atoms with E-state index < -0.39 is 10.1 Å². The number of rotatable bonds is 4. The van der Waals surface area contributed by atoms with Gasteiger partial charge in [-0.3, -0.25) is 4.18 Å². The van der Waals surface area contributed by atoms with Crippen molar-refractivity contribution in [3.8, 4) is 0 Å². The van der Waals surface area contributed by atoms with E-state index in [4.69, 9.17) is 0 Å². The molecule has 0 saturated carbocycles. The molecule has 0 saturated heterocycles. The third-order valence-electron chi connectivity index (χ3n) is 0.674. The maximum atomic E-state index is 10.5. The molecule has 0 aliphatic rings. The Bertz CT molecular complexity index is 225. The van der Waals surface area contributed by atoms with Crippen molar-refractivity contribution in [2.45, 2.75) is 6.92 Å². The molecule has 0 radical (unpaired) electrons. The molecule has 0 rings (SSSR count). The van der Waals surface area contributed by atoms with E-state index in [1.807, 2.05) is 0 Å². The summed E-state index contributed by atoms with van der Waals surface area (Å²) in [6, 6.07) is 0. The van der Waals surface area contributed by atoms with Crippen LogP contribution in [0.25, 0.3) is 0 Å². The fraction of sp³-hybridized carbons (Fsp3) is 0.333. The summed E-state index contributed by atoms with van der Waals surface area (Å²) >= 11 is 0. The molecule has 0 bridgehead atoms. The monoisotopic (exact) mass is 162 g/mol. The van der Waals surface area contributed by atoms with Gasteiger partial charge in [0, 0.05) is 0 Å². The van der Waals surface area contributed by atoms with E-state index in [9.17, 15) is 8.42 Å². The lowest BCUT2D eigenvalue weighted by molar-refractivity contribution is 0.355. The Morgan fingerprint density at radius 1 is 1.70 bits per heavy atom. The molecule has 0 unspecified atom stereocenters. The summed E-state index contributed by atoms with van der Waals surface area (Å²) in [4.78, 5) is 0. The van der Waals surface area contributed by atoms with Crippen LogP contribution in [-0.2, 0) is 14.3 Å². The van der Waals surface area contributed by atoms with Gasteiger partial charge >= 0.3 is 0 Å². The highest BCUT2D eigenvalue weighted by Crippen LogP contribution is 1.96. The Kier molecular flexibility index (Phi) is 3.32. The Morgan fingerprint density at radius 3 is 2.50 bits per heavy atom. The summed E-state index contributed by atoms with van der Waals surface area (Å²) in [5, 5.41) is 0.760. The Morgan fingerprint density at radius 2 is 2.20 bits per heavy atom. The maximum absolute atomic E-state index is 10.5. The van der Waals surface area contributed by atoms with Crippen LogP contribution in [0, 0.1) is 0 Å². The highest BCUT2D eigenvalue weighted by molar-refractivity contribution is 7.89. The van der Waals surface area contributed by atoms with Gasteiger partial charge in [-0.1, -0.05) is 18.7 Å². The zero-order valence-corrected chi connectivity index (χ0v) is 6.65. The molecule has 0 heterocycles. The van der Waals surface area contributed by atoms with Crippen molar-refractivity contribution in [1.29, 1.82) is 0 Å². The molecular formula is C6H10O3S. The molecule has 0 fully saturated rings. The average molecular weight is 162 g/mol. The first-order valence-corrected chi connectivity index (χ1v) is 4.11. The molecule has 0 aliphatic heterocycles. The summed E-state index contributed by atoms with van der Waals surface area (Å²) < 4.78 is 25.4. The van der Waals surface area contributed by atoms with Gasteiger partial charge in [0.2, 0.25) is 0 Å². The van der Waals surface area contributed by atoms with Crippen LogP contribution in [0.1, 0.15) is 6.92 Å². The molecule has 58 valence electrons. The quantitative estimate of drug-likeness (QED) is 0.458. The molecule has 0 aliphatic carbocycles. The van der Waals surface area contributed by atoms with Gasteiger partial charge in [0.1, 0.15) is 0 Å².